The van der Waals surface area contributed by atoms with Crippen LogP contribution in [0.5, 0.6) is 11.5 Å². The molecule has 0 radical (unpaired) electrons. The fraction of sp³-hybridized carbons (Fsp3) is 0.116. The molecule has 0 N–H and O–H groups in total. The summed E-state index contributed by atoms with van der Waals surface area (Å²) in [5.41, 5.74) is 8.79. The van der Waals surface area contributed by atoms with E-state index in [0.29, 0.717) is 0 Å². The lowest BCUT2D eigenvalue weighted by Gasteiger charge is -2.20. The summed E-state index contributed by atoms with van der Waals surface area (Å²) in [5, 5.41) is 3.43. The Hall–Kier alpha value is -6.14. The van der Waals surface area contributed by atoms with Crippen molar-refractivity contribution in [3.8, 4) is 28.7 Å². The van der Waals surface area contributed by atoms with Crippen LogP contribution < -0.4 is 9.30 Å². The number of ether oxygens (including phenoxy) is 1. The maximum absolute atomic E-state index is 6.65. The van der Waals surface area contributed by atoms with Gasteiger partial charge in [-0.05, 0) is 71.6 Å². The van der Waals surface area contributed by atoms with Crippen molar-refractivity contribution in [3.63, 3.8) is 0 Å². The average molecular weight is 638 g/mol. The van der Waals surface area contributed by atoms with E-state index in [1.807, 2.05) is 18.3 Å². The van der Waals surface area contributed by atoms with Gasteiger partial charge in [0.1, 0.15) is 17.3 Å². The Morgan fingerprint density at radius 3 is 2.20 bits per heavy atom. The van der Waals surface area contributed by atoms with Crippen molar-refractivity contribution in [1.82, 2.24) is 18.7 Å². The summed E-state index contributed by atoms with van der Waals surface area (Å²) in [7, 11) is 2.08. The number of nitrogens with zero attached hydrogens (tertiary/aromatic N) is 5. The molecule has 0 saturated carbocycles. The van der Waals surface area contributed by atoms with Crippen molar-refractivity contribution in [2.45, 2.75) is 26.2 Å². The molecular weight excluding hydrogens is 603 g/mol. The zero-order valence-electron chi connectivity index (χ0n) is 27.9. The van der Waals surface area contributed by atoms with Crippen molar-refractivity contribution >= 4 is 43.7 Å². The van der Waals surface area contributed by atoms with Gasteiger partial charge in [0.2, 0.25) is 0 Å². The van der Waals surface area contributed by atoms with E-state index in [-0.39, 0.29) is 5.41 Å². The van der Waals surface area contributed by atoms with E-state index in [4.69, 9.17) is 9.72 Å². The summed E-state index contributed by atoms with van der Waals surface area (Å²) in [6, 6.07) is 44.3. The monoisotopic (exact) mass is 637 g/mol. The third-order valence-electron chi connectivity index (χ3n) is 9.48. The van der Waals surface area contributed by atoms with Crippen LogP contribution in [-0.4, -0.2) is 18.7 Å². The van der Waals surface area contributed by atoms with E-state index in [1.54, 1.807) is 0 Å². The molecule has 4 aromatic heterocycles. The number of pyridine rings is 1. The minimum Gasteiger partial charge on any atom is -0.457 e. The minimum absolute atomic E-state index is 0.00611. The Balaban J connectivity index is 1.16. The van der Waals surface area contributed by atoms with Crippen LogP contribution in [0.2, 0.25) is 0 Å². The molecule has 0 amide bonds. The molecule has 49 heavy (non-hydrogen) atoms. The van der Waals surface area contributed by atoms with Crippen LogP contribution in [0.15, 0.2) is 140 Å². The van der Waals surface area contributed by atoms with Crippen LogP contribution in [0, 0.1) is 6.33 Å². The van der Waals surface area contributed by atoms with Gasteiger partial charge in [-0.15, -0.1) is 0 Å². The lowest BCUT2D eigenvalue weighted by Crippen LogP contribution is -2.29. The lowest BCUT2D eigenvalue weighted by molar-refractivity contribution is -0.572. The summed E-state index contributed by atoms with van der Waals surface area (Å²) in [6.45, 7) is 6.70. The smallest absolute Gasteiger partial charge is 0.269 e. The van der Waals surface area contributed by atoms with Crippen molar-refractivity contribution < 1.29 is 9.30 Å². The molecule has 0 bridgehead atoms. The van der Waals surface area contributed by atoms with Crippen LogP contribution in [0.3, 0.4) is 0 Å². The molecule has 0 spiro atoms. The topological polar surface area (TPSA) is 40.8 Å². The van der Waals surface area contributed by atoms with Crippen LogP contribution in [0.4, 0.5) is 0 Å². The average Bonchev–Trinajstić information content (AvgIpc) is 3.77. The SMILES string of the molecule is Cn1cc(-n2[c-][n+](-c3ccccc3)c3ccccc32)c2cc(Oc3ccc4c5ccccc5n(-c5cc(C(C)(C)C)ccn5)c4c3)ccc21. The first-order valence-electron chi connectivity index (χ1n) is 16.6. The number of aromatic nitrogens is 5. The molecule has 0 unspecified atom stereocenters. The van der Waals surface area contributed by atoms with Gasteiger partial charge in [0.25, 0.3) is 6.33 Å². The standard InChI is InChI=1S/C43H35N5O/c1-43(2,3)29-22-23-44-42(24-29)48-37-15-9-8-14-33(37)34-20-18-32(26-40(34)48)49-31-19-21-36-35(25-31)41(27-45(36)4)47-28-46(30-12-6-5-7-13-30)38-16-10-11-17-39(38)47/h5-27H,1-4H3. The largest absolute Gasteiger partial charge is 0.457 e. The molecule has 6 heteroatoms. The number of imidazole rings is 1. The summed E-state index contributed by atoms with van der Waals surface area (Å²) >= 11 is 0. The summed E-state index contributed by atoms with van der Waals surface area (Å²) < 4.78 is 15.3. The molecule has 0 saturated heterocycles. The van der Waals surface area contributed by atoms with E-state index < -0.39 is 0 Å². The van der Waals surface area contributed by atoms with Gasteiger partial charge in [-0.25, -0.2) is 4.98 Å². The van der Waals surface area contributed by atoms with E-state index >= 15 is 0 Å². The number of fused-ring (bicyclic) bond motifs is 5. The van der Waals surface area contributed by atoms with Crippen molar-refractivity contribution in [3.05, 3.63) is 152 Å². The predicted molar refractivity (Wildman–Crippen MR) is 197 cm³/mol. The molecule has 9 aromatic rings. The van der Waals surface area contributed by atoms with Gasteiger partial charge in [-0.2, -0.15) is 0 Å². The van der Waals surface area contributed by atoms with E-state index in [1.165, 1.54) is 10.9 Å². The Morgan fingerprint density at radius 2 is 1.37 bits per heavy atom. The van der Waals surface area contributed by atoms with Gasteiger partial charge < -0.3 is 9.30 Å². The first-order valence-corrected chi connectivity index (χ1v) is 16.6. The minimum atomic E-state index is 0.00611. The summed E-state index contributed by atoms with van der Waals surface area (Å²) in [5.74, 6) is 2.43. The highest BCUT2D eigenvalue weighted by molar-refractivity contribution is 6.09. The lowest BCUT2D eigenvalue weighted by atomic mass is 9.88. The number of benzene rings is 5. The van der Waals surface area contributed by atoms with Crippen LogP contribution in [0.25, 0.3) is 60.9 Å². The number of hydrogen-bond donors (Lipinski definition) is 0. The van der Waals surface area contributed by atoms with Crippen LogP contribution >= 0.6 is 0 Å². The molecule has 6 nitrogen and oxygen atoms in total. The molecule has 238 valence electrons. The van der Waals surface area contributed by atoms with Gasteiger partial charge in [0.05, 0.1) is 33.4 Å². The highest BCUT2D eigenvalue weighted by Gasteiger charge is 2.19. The fourth-order valence-electron chi connectivity index (χ4n) is 7.00. The van der Waals surface area contributed by atoms with Gasteiger partial charge in [-0.3, -0.25) is 13.7 Å². The number of rotatable bonds is 5. The molecule has 0 aliphatic carbocycles. The third kappa shape index (κ3) is 4.79. The Labute approximate surface area is 284 Å². The Morgan fingerprint density at radius 1 is 0.653 bits per heavy atom. The zero-order chi connectivity index (χ0) is 33.3. The molecule has 4 heterocycles. The van der Waals surface area contributed by atoms with Gasteiger partial charge in [0.15, 0.2) is 0 Å². The quantitative estimate of drug-likeness (QED) is 0.139. The van der Waals surface area contributed by atoms with Crippen molar-refractivity contribution in [2.24, 2.45) is 7.05 Å². The maximum Gasteiger partial charge on any atom is 0.269 e. The van der Waals surface area contributed by atoms with Gasteiger partial charge in [0, 0.05) is 47.2 Å². The molecule has 0 atom stereocenters. The molecule has 5 aromatic carbocycles. The van der Waals surface area contributed by atoms with Crippen LogP contribution in [-0.2, 0) is 12.5 Å². The summed E-state index contributed by atoms with van der Waals surface area (Å²) in [4.78, 5) is 4.84. The zero-order valence-corrected chi connectivity index (χ0v) is 27.9. The predicted octanol–water partition coefficient (Wildman–Crippen LogP) is 9.78. The normalized spacial score (nSPS) is 12.1. The first kappa shape index (κ1) is 29.0. The van der Waals surface area contributed by atoms with Gasteiger partial charge in [-0.1, -0.05) is 81.4 Å². The van der Waals surface area contributed by atoms with Crippen LogP contribution in [0.1, 0.15) is 26.3 Å². The van der Waals surface area contributed by atoms with Crippen molar-refractivity contribution in [1.29, 1.82) is 0 Å². The molecular formula is C43H35N5O. The second kappa shape index (κ2) is 11.0. The molecule has 9 rings (SSSR count). The number of hydrogen-bond acceptors (Lipinski definition) is 2. The highest BCUT2D eigenvalue weighted by Crippen LogP contribution is 2.37. The van der Waals surface area contributed by atoms with E-state index in [0.717, 1.165) is 67.0 Å². The molecule has 0 fully saturated rings. The van der Waals surface area contributed by atoms with E-state index in [2.05, 4.69) is 174 Å². The second-order valence-corrected chi connectivity index (χ2v) is 13.7. The Kier molecular flexibility index (Phi) is 6.49. The highest BCUT2D eigenvalue weighted by atomic mass is 16.5. The second-order valence-electron chi connectivity index (χ2n) is 13.7. The molecule has 0 aliphatic rings. The summed E-state index contributed by atoms with van der Waals surface area (Å²) in [6.07, 6.45) is 7.71. The Bertz CT molecular complexity index is 2690. The third-order valence-corrected chi connectivity index (χ3v) is 9.48. The van der Waals surface area contributed by atoms with Gasteiger partial charge >= 0.3 is 0 Å². The first-order chi connectivity index (χ1) is 23.8. The fourth-order valence-corrected chi connectivity index (χ4v) is 7.00. The number of para-hydroxylation sites is 4. The van der Waals surface area contributed by atoms with Crippen molar-refractivity contribution in [2.75, 3.05) is 0 Å². The maximum atomic E-state index is 6.65. The molecule has 0 aliphatic heterocycles. The number of aryl methyl sites for hydroxylation is 1. The van der Waals surface area contributed by atoms with E-state index in [9.17, 15) is 0 Å².